The number of nitrogens with one attached hydrogen (secondary N) is 2. The highest BCUT2D eigenvalue weighted by molar-refractivity contribution is 7.99. The first-order valence-corrected chi connectivity index (χ1v) is 5.80. The van der Waals surface area contributed by atoms with Crippen LogP contribution in [0.15, 0.2) is 43.8 Å². The summed E-state index contributed by atoms with van der Waals surface area (Å²) in [6.07, 6.45) is 1.35. The minimum absolute atomic E-state index is 0.360. The standard InChI is InChI=1S/C10H8ClN3O2S/c11-5-1-2-7(6(12)3-5)17-8-4-13-10(16)14-9(8)15/h1-4H,12H2,(H2,13,14,15,16). The van der Waals surface area contributed by atoms with E-state index < -0.39 is 11.2 Å². The van der Waals surface area contributed by atoms with Gasteiger partial charge >= 0.3 is 5.69 Å². The number of benzene rings is 1. The predicted octanol–water partition coefficient (Wildman–Crippen LogP) is 1.45. The van der Waals surface area contributed by atoms with E-state index in [0.29, 0.717) is 20.5 Å². The van der Waals surface area contributed by atoms with E-state index >= 15 is 0 Å². The van der Waals surface area contributed by atoms with Crippen LogP contribution in [0.25, 0.3) is 0 Å². The van der Waals surface area contributed by atoms with Gasteiger partial charge in [-0.25, -0.2) is 4.79 Å². The van der Waals surface area contributed by atoms with Crippen molar-refractivity contribution in [2.45, 2.75) is 9.79 Å². The largest absolute Gasteiger partial charge is 0.398 e. The third-order valence-corrected chi connectivity index (χ3v) is 3.33. The zero-order valence-corrected chi connectivity index (χ0v) is 10.1. The van der Waals surface area contributed by atoms with Crippen LogP contribution >= 0.6 is 23.4 Å². The Hall–Kier alpha value is -1.66. The summed E-state index contributed by atoms with van der Waals surface area (Å²) in [5.41, 5.74) is 5.25. The maximum absolute atomic E-state index is 11.5. The Morgan fingerprint density at radius 1 is 1.24 bits per heavy atom. The Morgan fingerprint density at radius 3 is 2.65 bits per heavy atom. The van der Waals surface area contributed by atoms with Crippen LogP contribution in [0.5, 0.6) is 0 Å². The monoisotopic (exact) mass is 269 g/mol. The van der Waals surface area contributed by atoms with Crippen LogP contribution in [0.4, 0.5) is 5.69 Å². The van der Waals surface area contributed by atoms with Crippen molar-refractivity contribution < 1.29 is 0 Å². The summed E-state index contributed by atoms with van der Waals surface area (Å²) in [7, 11) is 0. The lowest BCUT2D eigenvalue weighted by Crippen LogP contribution is -2.22. The Kier molecular flexibility index (Phi) is 3.26. The number of anilines is 1. The molecule has 2 aromatic rings. The number of aromatic amines is 2. The van der Waals surface area contributed by atoms with E-state index in [-0.39, 0.29) is 0 Å². The number of hydrogen-bond donors (Lipinski definition) is 3. The first-order valence-electron chi connectivity index (χ1n) is 4.61. The Bertz CT molecular complexity index is 665. The molecule has 17 heavy (non-hydrogen) atoms. The minimum atomic E-state index is -0.538. The topological polar surface area (TPSA) is 91.7 Å². The zero-order chi connectivity index (χ0) is 12.4. The second-order valence-corrected chi connectivity index (χ2v) is 4.74. The van der Waals surface area contributed by atoms with Crippen molar-refractivity contribution >= 4 is 29.1 Å². The molecule has 0 fully saturated rings. The summed E-state index contributed by atoms with van der Waals surface area (Å²) in [6.45, 7) is 0. The fourth-order valence-corrected chi connectivity index (χ4v) is 2.20. The van der Waals surface area contributed by atoms with Gasteiger partial charge in [-0.15, -0.1) is 0 Å². The molecule has 0 saturated heterocycles. The summed E-state index contributed by atoms with van der Waals surface area (Å²) in [5.74, 6) is 0. The molecule has 1 aromatic heterocycles. The molecule has 0 radical (unpaired) electrons. The van der Waals surface area contributed by atoms with E-state index in [0.717, 1.165) is 11.8 Å². The molecule has 1 aromatic carbocycles. The molecule has 0 amide bonds. The van der Waals surface area contributed by atoms with Gasteiger partial charge in [-0.1, -0.05) is 23.4 Å². The maximum Gasteiger partial charge on any atom is 0.325 e. The van der Waals surface area contributed by atoms with Crippen LogP contribution in [0.2, 0.25) is 5.02 Å². The first kappa shape index (κ1) is 11.8. The average molecular weight is 270 g/mol. The smallest absolute Gasteiger partial charge is 0.325 e. The number of hydrogen-bond acceptors (Lipinski definition) is 4. The highest BCUT2D eigenvalue weighted by atomic mass is 35.5. The summed E-state index contributed by atoms with van der Waals surface area (Å²) in [5, 5.41) is 0.530. The second kappa shape index (κ2) is 4.68. The van der Waals surface area contributed by atoms with Gasteiger partial charge in [0.15, 0.2) is 0 Å². The van der Waals surface area contributed by atoms with E-state index in [1.807, 2.05) is 0 Å². The van der Waals surface area contributed by atoms with E-state index in [1.54, 1.807) is 18.2 Å². The number of aromatic nitrogens is 2. The van der Waals surface area contributed by atoms with Gasteiger partial charge in [-0.3, -0.25) is 9.78 Å². The Morgan fingerprint density at radius 2 is 2.00 bits per heavy atom. The molecule has 0 spiro atoms. The quantitative estimate of drug-likeness (QED) is 0.720. The van der Waals surface area contributed by atoms with Gasteiger partial charge in [0.1, 0.15) is 0 Å². The average Bonchev–Trinajstić information content (AvgIpc) is 2.25. The van der Waals surface area contributed by atoms with Crippen molar-refractivity contribution in [1.82, 2.24) is 9.97 Å². The van der Waals surface area contributed by atoms with Gasteiger partial charge in [-0.05, 0) is 18.2 Å². The third kappa shape index (κ3) is 2.72. The highest BCUT2D eigenvalue weighted by Crippen LogP contribution is 2.31. The number of nitrogen functional groups attached to an aromatic ring is 1. The summed E-state index contributed by atoms with van der Waals surface area (Å²) >= 11 is 6.93. The van der Waals surface area contributed by atoms with Gasteiger partial charge in [0.2, 0.25) is 0 Å². The van der Waals surface area contributed by atoms with E-state index in [2.05, 4.69) is 9.97 Å². The van der Waals surface area contributed by atoms with E-state index in [4.69, 9.17) is 17.3 Å². The fraction of sp³-hybridized carbons (Fsp3) is 0. The van der Waals surface area contributed by atoms with Gasteiger partial charge < -0.3 is 10.7 Å². The third-order valence-electron chi connectivity index (χ3n) is 1.98. The lowest BCUT2D eigenvalue weighted by Gasteiger charge is -2.04. The molecule has 1 heterocycles. The summed E-state index contributed by atoms with van der Waals surface area (Å²) in [6, 6.07) is 5.00. The van der Waals surface area contributed by atoms with Gasteiger partial charge in [-0.2, -0.15) is 0 Å². The fourth-order valence-electron chi connectivity index (χ4n) is 1.20. The molecule has 2 rings (SSSR count). The van der Waals surface area contributed by atoms with Crippen molar-refractivity contribution in [3.63, 3.8) is 0 Å². The molecule has 0 aliphatic carbocycles. The lowest BCUT2D eigenvalue weighted by atomic mass is 10.3. The zero-order valence-electron chi connectivity index (χ0n) is 8.49. The number of H-pyrrole nitrogens is 2. The molecular formula is C10H8ClN3O2S. The van der Waals surface area contributed by atoms with Crippen LogP contribution in [-0.4, -0.2) is 9.97 Å². The summed E-state index contributed by atoms with van der Waals surface area (Å²) in [4.78, 5) is 27.9. The normalized spacial score (nSPS) is 10.4. The molecule has 0 aliphatic rings. The Balaban J connectivity index is 2.38. The van der Waals surface area contributed by atoms with Gasteiger partial charge in [0, 0.05) is 21.8 Å². The molecule has 0 saturated carbocycles. The van der Waals surface area contributed by atoms with Crippen molar-refractivity contribution in [2.75, 3.05) is 5.73 Å². The molecule has 4 N–H and O–H groups in total. The van der Waals surface area contributed by atoms with E-state index in [9.17, 15) is 9.59 Å². The number of halogens is 1. The van der Waals surface area contributed by atoms with Crippen molar-refractivity contribution in [2.24, 2.45) is 0 Å². The van der Waals surface area contributed by atoms with Crippen LogP contribution in [0.1, 0.15) is 0 Å². The highest BCUT2D eigenvalue weighted by Gasteiger charge is 2.06. The van der Waals surface area contributed by atoms with Crippen LogP contribution in [-0.2, 0) is 0 Å². The second-order valence-electron chi connectivity index (χ2n) is 3.22. The predicted molar refractivity (Wildman–Crippen MR) is 67.7 cm³/mol. The lowest BCUT2D eigenvalue weighted by molar-refractivity contribution is 0.976. The number of nitrogens with two attached hydrogens (primary N) is 1. The molecule has 0 atom stereocenters. The van der Waals surface area contributed by atoms with Crippen LogP contribution in [0.3, 0.4) is 0 Å². The maximum atomic E-state index is 11.5. The summed E-state index contributed by atoms with van der Waals surface area (Å²) < 4.78 is 0. The van der Waals surface area contributed by atoms with Crippen LogP contribution in [0, 0.1) is 0 Å². The molecule has 7 heteroatoms. The Labute approximate surface area is 105 Å². The molecule has 88 valence electrons. The van der Waals surface area contributed by atoms with E-state index in [1.165, 1.54) is 6.20 Å². The first-order chi connectivity index (χ1) is 8.06. The van der Waals surface area contributed by atoms with Crippen LogP contribution < -0.4 is 17.0 Å². The number of rotatable bonds is 2. The molecule has 0 aliphatic heterocycles. The van der Waals surface area contributed by atoms with Crippen molar-refractivity contribution in [1.29, 1.82) is 0 Å². The van der Waals surface area contributed by atoms with Crippen molar-refractivity contribution in [3.05, 3.63) is 50.3 Å². The van der Waals surface area contributed by atoms with Crippen molar-refractivity contribution in [3.8, 4) is 0 Å². The van der Waals surface area contributed by atoms with Gasteiger partial charge in [0.25, 0.3) is 5.56 Å². The molecule has 0 bridgehead atoms. The molecule has 0 unspecified atom stereocenters. The van der Waals surface area contributed by atoms with Gasteiger partial charge in [0.05, 0.1) is 4.90 Å². The molecular weight excluding hydrogens is 262 g/mol. The SMILES string of the molecule is Nc1cc(Cl)ccc1Sc1c[nH]c(=O)[nH]c1=O. The minimum Gasteiger partial charge on any atom is -0.398 e. The molecule has 5 nitrogen and oxygen atoms in total.